The fourth-order valence-corrected chi connectivity index (χ4v) is 2.25. The van der Waals surface area contributed by atoms with Gasteiger partial charge in [0.05, 0.1) is 0 Å². The van der Waals surface area contributed by atoms with E-state index in [4.69, 9.17) is 16.3 Å². The molecule has 0 unspecified atom stereocenters. The van der Waals surface area contributed by atoms with Crippen LogP contribution in [-0.4, -0.2) is 20.6 Å². The Morgan fingerprint density at radius 1 is 1.19 bits per heavy atom. The number of benzene rings is 2. The number of rotatable bonds is 4. The molecule has 0 saturated heterocycles. The van der Waals surface area contributed by atoms with Gasteiger partial charge in [-0.2, -0.15) is 0 Å². The van der Waals surface area contributed by atoms with E-state index in [1.54, 1.807) is 0 Å². The van der Waals surface area contributed by atoms with Crippen LogP contribution in [0.15, 0.2) is 42.5 Å². The zero-order valence-electron chi connectivity index (χ0n) is 11.4. The van der Waals surface area contributed by atoms with Crippen molar-refractivity contribution in [1.29, 1.82) is 0 Å². The monoisotopic (exact) mass is 300 g/mol. The maximum atomic E-state index is 5.93. The summed E-state index contributed by atoms with van der Waals surface area (Å²) >= 11 is 5.93. The number of nitrogens with zero attached hydrogens (tertiary/aromatic N) is 3. The molecule has 0 radical (unpaired) electrons. The van der Waals surface area contributed by atoms with Gasteiger partial charge >= 0.3 is 0 Å². The standard InChI is InChI=1S/C15H13ClN4O/c1-10-7-13(16)5-6-14(10)21-9-11-3-2-4-12(8-11)15-17-19-20-18-15/h2-8H,9H2,1H3,(H,17,18,19,20). The summed E-state index contributed by atoms with van der Waals surface area (Å²) in [6, 6.07) is 13.5. The summed E-state index contributed by atoms with van der Waals surface area (Å²) in [5.74, 6) is 1.46. The van der Waals surface area contributed by atoms with E-state index in [1.807, 2.05) is 49.4 Å². The van der Waals surface area contributed by atoms with E-state index in [0.29, 0.717) is 17.5 Å². The van der Waals surface area contributed by atoms with Crippen LogP contribution < -0.4 is 4.74 Å². The van der Waals surface area contributed by atoms with Gasteiger partial charge in [-0.05, 0) is 52.7 Å². The molecule has 0 spiro atoms. The van der Waals surface area contributed by atoms with Crippen molar-refractivity contribution in [2.24, 2.45) is 0 Å². The highest BCUT2D eigenvalue weighted by Crippen LogP contribution is 2.23. The minimum absolute atomic E-state index is 0.470. The van der Waals surface area contributed by atoms with E-state index in [9.17, 15) is 0 Å². The molecule has 3 rings (SSSR count). The van der Waals surface area contributed by atoms with Crippen molar-refractivity contribution in [3.63, 3.8) is 0 Å². The number of H-pyrrole nitrogens is 1. The predicted molar refractivity (Wildman–Crippen MR) is 80.1 cm³/mol. The van der Waals surface area contributed by atoms with Gasteiger partial charge < -0.3 is 4.74 Å². The van der Waals surface area contributed by atoms with Crippen molar-refractivity contribution in [3.05, 3.63) is 58.6 Å². The van der Waals surface area contributed by atoms with Crippen LogP contribution in [0.1, 0.15) is 11.1 Å². The lowest BCUT2D eigenvalue weighted by molar-refractivity contribution is 0.304. The Morgan fingerprint density at radius 3 is 2.86 bits per heavy atom. The van der Waals surface area contributed by atoms with E-state index in [-0.39, 0.29) is 0 Å². The first-order chi connectivity index (χ1) is 10.2. The molecule has 3 aromatic rings. The Balaban J connectivity index is 1.75. The van der Waals surface area contributed by atoms with Crippen LogP contribution in [0.25, 0.3) is 11.4 Å². The quantitative estimate of drug-likeness (QED) is 0.802. The van der Waals surface area contributed by atoms with Gasteiger partial charge in [-0.25, -0.2) is 5.10 Å². The molecule has 2 aromatic carbocycles. The van der Waals surface area contributed by atoms with Gasteiger partial charge in [0.25, 0.3) is 0 Å². The minimum Gasteiger partial charge on any atom is -0.489 e. The second kappa shape index (κ2) is 5.93. The lowest BCUT2D eigenvalue weighted by Crippen LogP contribution is -1.97. The summed E-state index contributed by atoms with van der Waals surface area (Å²) in [6.07, 6.45) is 0. The third-order valence-electron chi connectivity index (χ3n) is 3.08. The van der Waals surface area contributed by atoms with Gasteiger partial charge in [0.15, 0.2) is 5.82 Å². The molecule has 5 nitrogen and oxygen atoms in total. The van der Waals surface area contributed by atoms with Crippen LogP contribution in [-0.2, 0) is 6.61 Å². The van der Waals surface area contributed by atoms with Gasteiger partial charge in [-0.15, -0.1) is 5.10 Å². The molecule has 106 valence electrons. The average Bonchev–Trinajstić information content (AvgIpc) is 3.01. The smallest absolute Gasteiger partial charge is 0.179 e. The number of aromatic nitrogens is 4. The Bertz CT molecular complexity index is 743. The summed E-state index contributed by atoms with van der Waals surface area (Å²) in [6.45, 7) is 2.44. The highest BCUT2D eigenvalue weighted by atomic mass is 35.5. The van der Waals surface area contributed by atoms with E-state index in [0.717, 1.165) is 22.4 Å². The molecular weight excluding hydrogens is 288 g/mol. The van der Waals surface area contributed by atoms with Crippen molar-refractivity contribution in [3.8, 4) is 17.1 Å². The second-order valence-electron chi connectivity index (χ2n) is 4.65. The first-order valence-corrected chi connectivity index (χ1v) is 6.82. The number of halogens is 1. The predicted octanol–water partition coefficient (Wildman–Crippen LogP) is 3.41. The molecule has 0 saturated carbocycles. The molecule has 1 aromatic heterocycles. The second-order valence-corrected chi connectivity index (χ2v) is 5.09. The molecule has 0 fully saturated rings. The molecule has 0 aliphatic carbocycles. The molecule has 0 aliphatic rings. The lowest BCUT2D eigenvalue weighted by atomic mass is 10.1. The third kappa shape index (κ3) is 3.20. The molecule has 1 N–H and O–H groups in total. The summed E-state index contributed by atoms with van der Waals surface area (Å²) in [5, 5.41) is 14.5. The number of ether oxygens (including phenoxy) is 1. The van der Waals surface area contributed by atoms with E-state index in [1.165, 1.54) is 0 Å². The number of hydrogen-bond donors (Lipinski definition) is 1. The summed E-state index contributed by atoms with van der Waals surface area (Å²) in [4.78, 5) is 0. The average molecular weight is 301 g/mol. The third-order valence-corrected chi connectivity index (χ3v) is 3.31. The molecular formula is C15H13ClN4O. The van der Waals surface area contributed by atoms with Crippen molar-refractivity contribution in [2.45, 2.75) is 13.5 Å². The molecule has 1 heterocycles. The number of hydrogen-bond acceptors (Lipinski definition) is 4. The highest BCUT2D eigenvalue weighted by Gasteiger charge is 2.05. The zero-order valence-corrected chi connectivity index (χ0v) is 12.1. The van der Waals surface area contributed by atoms with Gasteiger partial charge in [-0.3, -0.25) is 0 Å². The van der Waals surface area contributed by atoms with Gasteiger partial charge in [-0.1, -0.05) is 29.8 Å². The molecule has 0 aliphatic heterocycles. The van der Waals surface area contributed by atoms with Gasteiger partial charge in [0.1, 0.15) is 12.4 Å². The SMILES string of the molecule is Cc1cc(Cl)ccc1OCc1cccc(-c2nnn[nH]2)c1. The normalized spacial score (nSPS) is 10.6. The van der Waals surface area contributed by atoms with Crippen molar-refractivity contribution in [2.75, 3.05) is 0 Å². The van der Waals surface area contributed by atoms with E-state index in [2.05, 4.69) is 20.6 Å². The Morgan fingerprint density at radius 2 is 2.10 bits per heavy atom. The first kappa shape index (κ1) is 13.6. The van der Waals surface area contributed by atoms with Crippen molar-refractivity contribution >= 4 is 11.6 Å². The van der Waals surface area contributed by atoms with Gasteiger partial charge in [0.2, 0.25) is 0 Å². The topological polar surface area (TPSA) is 63.7 Å². The van der Waals surface area contributed by atoms with Crippen LogP contribution in [0.4, 0.5) is 0 Å². The number of nitrogens with one attached hydrogen (secondary N) is 1. The molecule has 21 heavy (non-hydrogen) atoms. The van der Waals surface area contributed by atoms with Crippen LogP contribution in [0.5, 0.6) is 5.75 Å². The minimum atomic E-state index is 0.470. The number of tetrazole rings is 1. The summed E-state index contributed by atoms with van der Waals surface area (Å²) < 4.78 is 5.83. The molecule has 0 atom stereocenters. The Kier molecular flexibility index (Phi) is 3.83. The fraction of sp³-hybridized carbons (Fsp3) is 0.133. The summed E-state index contributed by atoms with van der Waals surface area (Å²) in [5.41, 5.74) is 2.98. The Labute approximate surface area is 126 Å². The van der Waals surface area contributed by atoms with Crippen molar-refractivity contribution in [1.82, 2.24) is 20.6 Å². The van der Waals surface area contributed by atoms with Crippen LogP contribution in [0.3, 0.4) is 0 Å². The zero-order chi connectivity index (χ0) is 14.7. The Hall–Kier alpha value is -2.40. The lowest BCUT2D eigenvalue weighted by Gasteiger charge is -2.10. The first-order valence-electron chi connectivity index (χ1n) is 6.44. The maximum Gasteiger partial charge on any atom is 0.179 e. The molecule has 0 amide bonds. The van der Waals surface area contributed by atoms with E-state index >= 15 is 0 Å². The van der Waals surface area contributed by atoms with Crippen LogP contribution in [0.2, 0.25) is 5.02 Å². The largest absolute Gasteiger partial charge is 0.489 e. The number of aryl methyl sites for hydroxylation is 1. The maximum absolute atomic E-state index is 5.93. The summed E-state index contributed by atoms with van der Waals surface area (Å²) in [7, 11) is 0. The van der Waals surface area contributed by atoms with Crippen LogP contribution >= 0.6 is 11.6 Å². The highest BCUT2D eigenvalue weighted by molar-refractivity contribution is 6.30. The number of aromatic amines is 1. The fourth-order valence-electron chi connectivity index (χ4n) is 2.03. The van der Waals surface area contributed by atoms with Gasteiger partial charge in [0, 0.05) is 10.6 Å². The van der Waals surface area contributed by atoms with Crippen LogP contribution in [0, 0.1) is 6.92 Å². The molecule has 0 bridgehead atoms. The molecule has 6 heteroatoms. The van der Waals surface area contributed by atoms with E-state index < -0.39 is 0 Å². The van der Waals surface area contributed by atoms with Crippen molar-refractivity contribution < 1.29 is 4.74 Å².